The number of nitrogens with zero attached hydrogens (tertiary/aromatic N) is 1. The Hall–Kier alpha value is -1.61. The first kappa shape index (κ1) is 14.8. The van der Waals surface area contributed by atoms with Crippen LogP contribution in [-0.4, -0.2) is 22.6 Å². The van der Waals surface area contributed by atoms with Crippen molar-refractivity contribution in [2.45, 2.75) is 47.1 Å². The molecule has 0 aliphatic rings. The summed E-state index contributed by atoms with van der Waals surface area (Å²) < 4.78 is 0. The number of rotatable bonds is 5. The van der Waals surface area contributed by atoms with Crippen LogP contribution in [0.1, 0.15) is 36.4 Å². The molecule has 0 saturated carbocycles. The zero-order valence-corrected chi connectivity index (χ0v) is 13.2. The average Bonchev–Trinajstić information content (AvgIpc) is 2.82. The Bertz CT molecular complexity index is 582. The molecule has 0 spiro atoms. The average molecular weight is 271 g/mol. The third kappa shape index (κ3) is 3.48. The Morgan fingerprint density at radius 3 is 2.50 bits per heavy atom. The van der Waals surface area contributed by atoms with Gasteiger partial charge < -0.3 is 10.3 Å². The molecule has 1 aromatic heterocycles. The zero-order chi connectivity index (χ0) is 14.7. The predicted molar refractivity (Wildman–Crippen MR) is 85.1 cm³/mol. The highest BCUT2D eigenvalue weighted by Gasteiger charge is 2.08. The molecule has 2 aromatic rings. The van der Waals surface area contributed by atoms with Gasteiger partial charge in [0, 0.05) is 24.6 Å². The lowest BCUT2D eigenvalue weighted by Crippen LogP contribution is -2.25. The summed E-state index contributed by atoms with van der Waals surface area (Å²) in [4.78, 5) is 7.93. The molecule has 0 bridgehead atoms. The molecular weight excluding hydrogens is 246 g/mol. The molecule has 0 radical (unpaired) electrons. The Balaban J connectivity index is 2.14. The lowest BCUT2D eigenvalue weighted by Gasteiger charge is -2.08. The highest BCUT2D eigenvalue weighted by molar-refractivity contribution is 5.65. The number of aromatic nitrogens is 2. The van der Waals surface area contributed by atoms with E-state index in [9.17, 15) is 0 Å². The van der Waals surface area contributed by atoms with Gasteiger partial charge in [-0.05, 0) is 43.5 Å². The smallest absolute Gasteiger partial charge is 0.107 e. The Morgan fingerprint density at radius 1 is 1.10 bits per heavy atom. The topological polar surface area (TPSA) is 40.7 Å². The van der Waals surface area contributed by atoms with E-state index in [1.165, 1.54) is 22.3 Å². The van der Waals surface area contributed by atoms with Crippen molar-refractivity contribution in [3.05, 3.63) is 40.8 Å². The monoisotopic (exact) mass is 271 g/mol. The largest absolute Gasteiger partial charge is 0.342 e. The van der Waals surface area contributed by atoms with Crippen LogP contribution >= 0.6 is 0 Å². The van der Waals surface area contributed by atoms with Gasteiger partial charge >= 0.3 is 0 Å². The number of hydrogen-bond donors (Lipinski definition) is 2. The standard InChI is InChI=1S/C17H25N3/c1-11(2)18-7-6-17-19-10-16(20-17)15-9-13(4)12(3)8-14(15)5/h8-11,18H,6-7H2,1-5H3,(H,19,20). The summed E-state index contributed by atoms with van der Waals surface area (Å²) in [5.74, 6) is 1.05. The molecular formula is C17H25N3. The molecule has 108 valence electrons. The highest BCUT2D eigenvalue weighted by Crippen LogP contribution is 2.25. The van der Waals surface area contributed by atoms with Gasteiger partial charge in [0.25, 0.3) is 0 Å². The molecule has 2 N–H and O–H groups in total. The second-order valence-corrected chi connectivity index (χ2v) is 5.85. The van der Waals surface area contributed by atoms with E-state index in [2.05, 4.69) is 62.0 Å². The van der Waals surface area contributed by atoms with E-state index in [0.29, 0.717) is 6.04 Å². The van der Waals surface area contributed by atoms with Crippen LogP contribution in [0.15, 0.2) is 18.3 Å². The summed E-state index contributed by atoms with van der Waals surface area (Å²) in [5, 5.41) is 3.41. The van der Waals surface area contributed by atoms with Gasteiger partial charge in [0.15, 0.2) is 0 Å². The Morgan fingerprint density at radius 2 is 1.80 bits per heavy atom. The highest BCUT2D eigenvalue weighted by atomic mass is 14.9. The first-order valence-corrected chi connectivity index (χ1v) is 7.33. The summed E-state index contributed by atoms with van der Waals surface area (Å²) in [7, 11) is 0. The molecule has 0 saturated heterocycles. The normalized spacial score (nSPS) is 11.3. The zero-order valence-electron chi connectivity index (χ0n) is 13.2. The number of H-pyrrole nitrogens is 1. The second kappa shape index (κ2) is 6.23. The molecule has 0 fully saturated rings. The molecule has 0 unspecified atom stereocenters. The SMILES string of the molecule is Cc1cc(C)c(-c2cnc(CCNC(C)C)[nH]2)cc1C. The van der Waals surface area contributed by atoms with Gasteiger partial charge in [-0.2, -0.15) is 0 Å². The summed E-state index contributed by atoms with van der Waals surface area (Å²) in [6.45, 7) is 11.7. The van der Waals surface area contributed by atoms with Gasteiger partial charge in [-0.25, -0.2) is 4.98 Å². The van der Waals surface area contributed by atoms with E-state index in [-0.39, 0.29) is 0 Å². The predicted octanol–water partition coefficient (Wildman–Crippen LogP) is 3.54. The van der Waals surface area contributed by atoms with Crippen LogP contribution in [-0.2, 0) is 6.42 Å². The summed E-state index contributed by atoms with van der Waals surface area (Å²) in [5.41, 5.74) is 6.33. The number of nitrogens with one attached hydrogen (secondary N) is 2. The molecule has 0 atom stereocenters. The van der Waals surface area contributed by atoms with Crippen molar-refractivity contribution >= 4 is 0 Å². The first-order chi connectivity index (χ1) is 9.47. The molecule has 0 aliphatic carbocycles. The van der Waals surface area contributed by atoms with E-state index < -0.39 is 0 Å². The maximum absolute atomic E-state index is 4.49. The first-order valence-electron chi connectivity index (χ1n) is 7.33. The molecule has 2 rings (SSSR count). The van der Waals surface area contributed by atoms with Crippen LogP contribution in [0.4, 0.5) is 0 Å². The van der Waals surface area contributed by atoms with Gasteiger partial charge in [0.1, 0.15) is 5.82 Å². The number of imidazole rings is 1. The van der Waals surface area contributed by atoms with Gasteiger partial charge in [0.2, 0.25) is 0 Å². The number of benzene rings is 1. The molecule has 0 aliphatic heterocycles. The third-order valence-electron chi connectivity index (χ3n) is 3.67. The van der Waals surface area contributed by atoms with Gasteiger partial charge in [0.05, 0.1) is 11.9 Å². The van der Waals surface area contributed by atoms with Crippen molar-refractivity contribution in [2.75, 3.05) is 6.54 Å². The van der Waals surface area contributed by atoms with Crippen LogP contribution < -0.4 is 5.32 Å². The van der Waals surface area contributed by atoms with Crippen LogP contribution in [0.5, 0.6) is 0 Å². The van der Waals surface area contributed by atoms with Crippen molar-refractivity contribution < 1.29 is 0 Å². The van der Waals surface area contributed by atoms with Gasteiger partial charge in [-0.3, -0.25) is 0 Å². The van der Waals surface area contributed by atoms with Crippen LogP contribution in [0.2, 0.25) is 0 Å². The molecule has 3 nitrogen and oxygen atoms in total. The summed E-state index contributed by atoms with van der Waals surface area (Å²) in [6.07, 6.45) is 2.88. The van der Waals surface area contributed by atoms with E-state index in [4.69, 9.17) is 0 Å². The van der Waals surface area contributed by atoms with Crippen molar-refractivity contribution in [3.63, 3.8) is 0 Å². The minimum Gasteiger partial charge on any atom is -0.342 e. The van der Waals surface area contributed by atoms with Crippen LogP contribution in [0.3, 0.4) is 0 Å². The lowest BCUT2D eigenvalue weighted by molar-refractivity contribution is 0.584. The Kier molecular flexibility index (Phi) is 4.61. The Labute approximate surface area is 121 Å². The van der Waals surface area contributed by atoms with Crippen molar-refractivity contribution in [3.8, 4) is 11.3 Å². The fourth-order valence-electron chi connectivity index (χ4n) is 2.36. The summed E-state index contributed by atoms with van der Waals surface area (Å²) >= 11 is 0. The minimum absolute atomic E-state index is 0.520. The fourth-order valence-corrected chi connectivity index (χ4v) is 2.36. The lowest BCUT2D eigenvalue weighted by atomic mass is 9.99. The van der Waals surface area contributed by atoms with Crippen LogP contribution in [0, 0.1) is 20.8 Å². The van der Waals surface area contributed by atoms with E-state index in [1.807, 2.05) is 6.20 Å². The van der Waals surface area contributed by atoms with Gasteiger partial charge in [-0.1, -0.05) is 19.9 Å². The minimum atomic E-state index is 0.520. The maximum atomic E-state index is 4.49. The van der Waals surface area contributed by atoms with E-state index in [0.717, 1.165) is 24.5 Å². The number of hydrogen-bond acceptors (Lipinski definition) is 2. The van der Waals surface area contributed by atoms with Gasteiger partial charge in [-0.15, -0.1) is 0 Å². The molecule has 0 amide bonds. The maximum Gasteiger partial charge on any atom is 0.107 e. The summed E-state index contributed by atoms with van der Waals surface area (Å²) in [6, 6.07) is 5.01. The second-order valence-electron chi connectivity index (χ2n) is 5.85. The van der Waals surface area contributed by atoms with Crippen molar-refractivity contribution in [2.24, 2.45) is 0 Å². The van der Waals surface area contributed by atoms with Crippen molar-refractivity contribution in [1.82, 2.24) is 15.3 Å². The van der Waals surface area contributed by atoms with Crippen LogP contribution in [0.25, 0.3) is 11.3 Å². The van der Waals surface area contributed by atoms with E-state index >= 15 is 0 Å². The molecule has 1 heterocycles. The van der Waals surface area contributed by atoms with Crippen molar-refractivity contribution in [1.29, 1.82) is 0 Å². The third-order valence-corrected chi connectivity index (χ3v) is 3.67. The fraction of sp³-hybridized carbons (Fsp3) is 0.471. The number of aryl methyl sites for hydroxylation is 3. The number of aromatic amines is 1. The van der Waals surface area contributed by atoms with E-state index in [1.54, 1.807) is 0 Å². The molecule has 1 aromatic carbocycles. The molecule has 3 heteroatoms. The quantitative estimate of drug-likeness (QED) is 0.873. The molecule has 20 heavy (non-hydrogen) atoms.